The van der Waals surface area contributed by atoms with Crippen molar-refractivity contribution < 1.29 is 18.4 Å². The second kappa shape index (κ2) is 9.33. The number of hydrogen-bond acceptors (Lipinski definition) is 6. The summed E-state index contributed by atoms with van der Waals surface area (Å²) in [5, 5.41) is 14.0. The Balaban J connectivity index is 0.00000240. The maximum Gasteiger partial charge on any atom is 0.332 e. The van der Waals surface area contributed by atoms with Gasteiger partial charge in [0.05, 0.1) is 5.71 Å². The molecule has 8 nitrogen and oxygen atoms in total. The molecule has 2 aliphatic carbocycles. The van der Waals surface area contributed by atoms with Crippen LogP contribution in [0.3, 0.4) is 0 Å². The van der Waals surface area contributed by atoms with Gasteiger partial charge in [0.15, 0.2) is 0 Å². The summed E-state index contributed by atoms with van der Waals surface area (Å²) >= 11 is 0. The van der Waals surface area contributed by atoms with Crippen LogP contribution in [0.2, 0.25) is 0 Å². The molecule has 1 fully saturated rings. The van der Waals surface area contributed by atoms with E-state index in [1.54, 1.807) is 6.92 Å². The molecule has 3 N–H and O–H groups in total. The molecule has 0 aromatic heterocycles. The largest absolute Gasteiger partial charge is 0.411 e. The number of rotatable bonds is 5. The fourth-order valence-corrected chi connectivity index (χ4v) is 5.81. The standard InChI is InChI=1S/C19H26N4O4S.K/c1-12(21-25)9-23-10-15(11-23)28(26,27)22-19(24)20-18-16-6-2-4-13(16)8-14-5-3-7-17(14)18;/h8,15,25H,2-7,9-11H2,1H3,(H2,20,22,24);. The van der Waals surface area contributed by atoms with Gasteiger partial charge in [0, 0.05) is 76.7 Å². The average molecular weight is 446 g/mol. The monoisotopic (exact) mass is 445 g/mol. The Hall–Kier alpha value is -0.494. The maximum atomic E-state index is 12.5. The minimum Gasteiger partial charge on any atom is -0.411 e. The van der Waals surface area contributed by atoms with E-state index in [0.29, 0.717) is 25.3 Å². The van der Waals surface area contributed by atoms with Gasteiger partial charge < -0.3 is 10.5 Å². The molecule has 0 atom stereocenters. The van der Waals surface area contributed by atoms with Crippen LogP contribution in [0.1, 0.15) is 42.0 Å². The maximum absolute atomic E-state index is 12.5. The number of fused-ring (bicyclic) bond motifs is 2. The SMILES string of the molecule is CC(CN1CC(S(=O)(=O)NC(=O)Nc2c3c(cc4c2CCC4)CCC3)C1)=NO.[K]. The number of oxime groups is 1. The molecule has 1 heterocycles. The second-order valence-corrected chi connectivity index (χ2v) is 9.95. The molecule has 3 aliphatic rings. The van der Waals surface area contributed by atoms with Crippen LogP contribution in [0.5, 0.6) is 0 Å². The number of urea groups is 1. The van der Waals surface area contributed by atoms with Crippen LogP contribution in [-0.4, -0.2) is 107 Å². The third-order valence-electron chi connectivity index (χ3n) is 5.93. The van der Waals surface area contributed by atoms with E-state index in [9.17, 15) is 13.2 Å². The molecular formula is C19H26KN4O4S. The molecule has 29 heavy (non-hydrogen) atoms. The summed E-state index contributed by atoms with van der Waals surface area (Å²) in [5.41, 5.74) is 6.26. The van der Waals surface area contributed by atoms with Crippen molar-refractivity contribution in [3.63, 3.8) is 0 Å². The van der Waals surface area contributed by atoms with Crippen molar-refractivity contribution in [2.45, 2.75) is 50.7 Å². The molecule has 1 saturated heterocycles. The molecule has 0 unspecified atom stereocenters. The van der Waals surface area contributed by atoms with E-state index in [1.807, 2.05) is 4.90 Å². The number of anilines is 1. The van der Waals surface area contributed by atoms with Crippen LogP contribution in [0, 0.1) is 0 Å². The smallest absolute Gasteiger partial charge is 0.332 e. The number of amides is 2. The molecule has 4 rings (SSSR count). The Labute approximate surface area is 214 Å². The van der Waals surface area contributed by atoms with Crippen LogP contribution >= 0.6 is 0 Å². The summed E-state index contributed by atoms with van der Waals surface area (Å²) in [6.07, 6.45) is 6.03. The molecule has 1 aliphatic heterocycles. The molecule has 0 spiro atoms. The second-order valence-electron chi connectivity index (χ2n) is 7.99. The molecule has 10 heteroatoms. The Morgan fingerprint density at radius 1 is 1.17 bits per heavy atom. The van der Waals surface area contributed by atoms with Crippen molar-refractivity contribution in [3.05, 3.63) is 28.3 Å². The summed E-state index contributed by atoms with van der Waals surface area (Å²) in [6.45, 7) is 2.71. The van der Waals surface area contributed by atoms with Crippen LogP contribution < -0.4 is 10.0 Å². The number of likely N-dealkylation sites (tertiary alicyclic amines) is 1. The average Bonchev–Trinajstić information content (AvgIpc) is 3.25. The summed E-state index contributed by atoms with van der Waals surface area (Å²) in [4.78, 5) is 14.4. The van der Waals surface area contributed by atoms with Crippen LogP contribution in [0.25, 0.3) is 0 Å². The van der Waals surface area contributed by atoms with Crippen molar-refractivity contribution in [1.82, 2.24) is 9.62 Å². The predicted octanol–water partition coefficient (Wildman–Crippen LogP) is 1.27. The first-order valence-corrected chi connectivity index (χ1v) is 11.3. The number of nitrogens with zero attached hydrogens (tertiary/aromatic N) is 2. The van der Waals surface area contributed by atoms with Gasteiger partial charge in [0.2, 0.25) is 10.0 Å². The molecule has 0 bridgehead atoms. The molecule has 0 saturated carbocycles. The predicted molar refractivity (Wildman–Crippen MR) is 112 cm³/mol. The van der Waals surface area contributed by atoms with Crippen molar-refractivity contribution in [2.24, 2.45) is 5.16 Å². The summed E-state index contributed by atoms with van der Waals surface area (Å²) < 4.78 is 27.2. The molecule has 1 aromatic rings. The van der Waals surface area contributed by atoms with Gasteiger partial charge in [-0.15, -0.1) is 0 Å². The number of hydrogen-bond donors (Lipinski definition) is 3. The van der Waals surface area contributed by atoms with Crippen molar-refractivity contribution >= 4 is 78.8 Å². The zero-order valence-corrected chi connectivity index (χ0v) is 20.9. The van der Waals surface area contributed by atoms with E-state index in [0.717, 1.165) is 44.2 Å². The fraction of sp³-hybridized carbons (Fsp3) is 0.579. The molecule has 1 radical (unpaired) electrons. The van der Waals surface area contributed by atoms with E-state index >= 15 is 0 Å². The quantitative estimate of drug-likeness (QED) is 0.274. The molecular weight excluding hydrogens is 419 g/mol. The number of benzene rings is 1. The van der Waals surface area contributed by atoms with Crippen molar-refractivity contribution in [3.8, 4) is 0 Å². The van der Waals surface area contributed by atoms with Crippen molar-refractivity contribution in [1.29, 1.82) is 0 Å². The number of aryl methyl sites for hydroxylation is 2. The first kappa shape index (κ1) is 23.2. The van der Waals surface area contributed by atoms with Gasteiger partial charge in [-0.3, -0.25) is 4.90 Å². The van der Waals surface area contributed by atoms with E-state index in [1.165, 1.54) is 22.3 Å². The summed E-state index contributed by atoms with van der Waals surface area (Å²) in [6, 6.07) is 1.59. The number of carbonyl (C=O) groups is 1. The molecule has 1 aromatic carbocycles. The van der Waals surface area contributed by atoms with Gasteiger partial charge in [0.1, 0.15) is 5.25 Å². The first-order chi connectivity index (χ1) is 13.4. The Morgan fingerprint density at radius 3 is 2.31 bits per heavy atom. The third-order valence-corrected chi connectivity index (χ3v) is 7.58. The Bertz CT molecular complexity index is 910. The third kappa shape index (κ3) is 4.89. The molecule has 153 valence electrons. The van der Waals surface area contributed by atoms with Gasteiger partial charge >= 0.3 is 6.03 Å². The van der Waals surface area contributed by atoms with E-state index in [-0.39, 0.29) is 51.4 Å². The molecule has 2 amide bonds. The van der Waals surface area contributed by atoms with Gasteiger partial charge in [-0.1, -0.05) is 11.2 Å². The van der Waals surface area contributed by atoms with Gasteiger partial charge in [0.25, 0.3) is 0 Å². The Kier molecular flexibility index (Phi) is 7.46. The Morgan fingerprint density at radius 2 is 1.76 bits per heavy atom. The normalized spacial score (nSPS) is 19.1. The van der Waals surface area contributed by atoms with Gasteiger partial charge in [-0.05, 0) is 67.7 Å². The van der Waals surface area contributed by atoms with E-state index in [2.05, 4.69) is 21.3 Å². The van der Waals surface area contributed by atoms with Gasteiger partial charge in [-0.25, -0.2) is 17.9 Å². The van der Waals surface area contributed by atoms with Gasteiger partial charge in [-0.2, -0.15) is 0 Å². The first-order valence-electron chi connectivity index (χ1n) is 9.76. The fourth-order valence-electron chi connectivity index (χ4n) is 4.52. The number of nitrogens with one attached hydrogen (secondary N) is 2. The summed E-state index contributed by atoms with van der Waals surface area (Å²) in [7, 11) is -3.75. The minimum absolute atomic E-state index is 0. The van der Waals surface area contributed by atoms with Crippen molar-refractivity contribution in [2.75, 3.05) is 25.0 Å². The number of carbonyl (C=O) groups excluding carboxylic acids is 1. The zero-order valence-electron chi connectivity index (χ0n) is 17.0. The minimum atomic E-state index is -3.75. The van der Waals surface area contributed by atoms with Crippen LogP contribution in [0.15, 0.2) is 11.2 Å². The topological polar surface area (TPSA) is 111 Å². The van der Waals surface area contributed by atoms with Crippen LogP contribution in [0.4, 0.5) is 10.5 Å². The zero-order chi connectivity index (χ0) is 19.9. The summed E-state index contributed by atoms with van der Waals surface area (Å²) in [5.74, 6) is 0. The number of sulfonamides is 1. The van der Waals surface area contributed by atoms with E-state index < -0.39 is 21.3 Å². The van der Waals surface area contributed by atoms with E-state index in [4.69, 9.17) is 5.21 Å². The van der Waals surface area contributed by atoms with Crippen LogP contribution in [-0.2, 0) is 35.7 Å².